The molecule has 4 atom stereocenters. The number of carboxylic acids is 1. The van der Waals surface area contributed by atoms with Gasteiger partial charge >= 0.3 is 5.97 Å². The lowest BCUT2D eigenvalue weighted by molar-refractivity contribution is -0.148. The van der Waals surface area contributed by atoms with Crippen LogP contribution in [0.25, 0.3) is 0 Å². The van der Waals surface area contributed by atoms with Crippen LogP contribution < -0.4 is 11.1 Å². The number of anilines is 1. The fourth-order valence-electron chi connectivity index (χ4n) is 4.82. The molecule has 146 valence electrons. The number of fused-ring (bicyclic) bond motifs is 2. The molecule has 2 aromatic rings. The molecule has 1 aromatic carbocycles. The fourth-order valence-corrected chi connectivity index (χ4v) is 5.92. The van der Waals surface area contributed by atoms with Crippen LogP contribution in [-0.2, 0) is 16.0 Å². The van der Waals surface area contributed by atoms with E-state index in [1.165, 1.54) is 11.3 Å². The summed E-state index contributed by atoms with van der Waals surface area (Å²) in [6.07, 6.45) is 3.19. The topological polar surface area (TPSA) is 109 Å². The predicted octanol–water partition coefficient (Wildman–Crippen LogP) is 3.12. The maximum Gasteiger partial charge on any atom is 0.307 e. The van der Waals surface area contributed by atoms with Gasteiger partial charge in [-0.25, -0.2) is 0 Å². The van der Waals surface area contributed by atoms with Gasteiger partial charge in [0.2, 0.25) is 5.91 Å². The highest BCUT2D eigenvalue weighted by atomic mass is 32.1. The number of amides is 2. The largest absolute Gasteiger partial charge is 0.481 e. The normalized spacial score (nSPS) is 25.6. The third-order valence-electron chi connectivity index (χ3n) is 6.01. The lowest BCUT2D eigenvalue weighted by Crippen LogP contribution is -2.38. The zero-order valence-electron chi connectivity index (χ0n) is 15.3. The number of hydrogen-bond donors (Lipinski definition) is 3. The molecule has 0 spiro atoms. The van der Waals surface area contributed by atoms with Gasteiger partial charge in [0.1, 0.15) is 5.00 Å². The highest BCUT2D eigenvalue weighted by Crippen LogP contribution is 2.52. The predicted molar refractivity (Wildman–Crippen MR) is 106 cm³/mol. The van der Waals surface area contributed by atoms with Gasteiger partial charge in [-0.1, -0.05) is 30.3 Å². The van der Waals surface area contributed by atoms with Gasteiger partial charge in [-0.15, -0.1) is 11.3 Å². The van der Waals surface area contributed by atoms with E-state index in [-0.39, 0.29) is 23.3 Å². The first-order chi connectivity index (χ1) is 13.4. The zero-order valence-corrected chi connectivity index (χ0v) is 16.1. The third kappa shape index (κ3) is 3.42. The van der Waals surface area contributed by atoms with E-state index < -0.39 is 23.7 Å². The van der Waals surface area contributed by atoms with Crippen LogP contribution in [0.1, 0.15) is 40.1 Å². The van der Waals surface area contributed by atoms with Crippen molar-refractivity contribution in [2.75, 3.05) is 5.32 Å². The molecule has 0 saturated heterocycles. The Hall–Kier alpha value is -2.67. The van der Waals surface area contributed by atoms with Crippen molar-refractivity contribution in [2.24, 2.45) is 29.4 Å². The Labute approximate surface area is 166 Å². The SMILES string of the molecule is NC(=O)c1cc(Cc2ccccc2)sc1NC(=O)[C@H]1[C@H]2CC[C@@H](C2)[C@H]1C(=O)O. The molecule has 2 fully saturated rings. The number of thiophene rings is 1. The summed E-state index contributed by atoms with van der Waals surface area (Å²) >= 11 is 1.32. The molecule has 0 radical (unpaired) electrons. The van der Waals surface area contributed by atoms with E-state index in [9.17, 15) is 19.5 Å². The smallest absolute Gasteiger partial charge is 0.307 e. The summed E-state index contributed by atoms with van der Waals surface area (Å²) in [5.74, 6) is -2.82. The molecule has 1 heterocycles. The molecular weight excluding hydrogens is 376 g/mol. The minimum atomic E-state index is -0.904. The lowest BCUT2D eigenvalue weighted by Gasteiger charge is -2.26. The average molecular weight is 398 g/mol. The number of primary amides is 1. The number of benzene rings is 1. The summed E-state index contributed by atoms with van der Waals surface area (Å²) < 4.78 is 0. The second-order valence-corrected chi connectivity index (χ2v) is 8.83. The summed E-state index contributed by atoms with van der Waals surface area (Å²) in [6.45, 7) is 0. The lowest BCUT2D eigenvalue weighted by atomic mass is 9.79. The average Bonchev–Trinajstić information content (AvgIpc) is 3.36. The summed E-state index contributed by atoms with van der Waals surface area (Å²) in [4.78, 5) is 37.4. The number of nitrogens with one attached hydrogen (secondary N) is 1. The maximum absolute atomic E-state index is 12.9. The van der Waals surface area contributed by atoms with E-state index in [1.807, 2.05) is 30.3 Å². The third-order valence-corrected chi connectivity index (χ3v) is 7.06. The van der Waals surface area contributed by atoms with Crippen molar-refractivity contribution in [1.82, 2.24) is 0 Å². The van der Waals surface area contributed by atoms with Crippen LogP contribution in [0.3, 0.4) is 0 Å². The van der Waals surface area contributed by atoms with Crippen molar-refractivity contribution in [3.63, 3.8) is 0 Å². The summed E-state index contributed by atoms with van der Waals surface area (Å²) in [6, 6.07) is 11.5. The first kappa shape index (κ1) is 18.7. The Kier molecular flexibility index (Phi) is 4.93. The van der Waals surface area contributed by atoms with E-state index >= 15 is 0 Å². The van der Waals surface area contributed by atoms with Crippen LogP contribution in [0, 0.1) is 23.7 Å². The number of hydrogen-bond acceptors (Lipinski definition) is 4. The number of rotatable bonds is 6. The monoisotopic (exact) mass is 398 g/mol. The van der Waals surface area contributed by atoms with Gasteiger partial charge in [-0.05, 0) is 42.7 Å². The molecule has 6 nitrogen and oxygen atoms in total. The summed E-state index contributed by atoms with van der Waals surface area (Å²) in [7, 11) is 0. The Morgan fingerprint density at radius 2 is 1.79 bits per heavy atom. The van der Waals surface area contributed by atoms with Gasteiger partial charge in [0.25, 0.3) is 5.91 Å². The van der Waals surface area contributed by atoms with Crippen molar-refractivity contribution in [3.8, 4) is 0 Å². The van der Waals surface area contributed by atoms with Gasteiger partial charge in [0.15, 0.2) is 0 Å². The number of nitrogens with two attached hydrogens (primary N) is 1. The Bertz CT molecular complexity index is 924. The molecule has 2 saturated carbocycles. The minimum Gasteiger partial charge on any atom is -0.481 e. The van der Waals surface area contributed by atoms with Gasteiger partial charge < -0.3 is 16.2 Å². The molecule has 2 bridgehead atoms. The number of aliphatic carboxylic acids is 1. The van der Waals surface area contributed by atoms with Gasteiger partial charge in [0.05, 0.1) is 17.4 Å². The van der Waals surface area contributed by atoms with Crippen molar-refractivity contribution in [2.45, 2.75) is 25.7 Å². The van der Waals surface area contributed by atoms with Crippen LogP contribution in [-0.4, -0.2) is 22.9 Å². The number of carbonyl (C=O) groups is 3. The van der Waals surface area contributed by atoms with Crippen molar-refractivity contribution in [3.05, 3.63) is 52.4 Å². The highest BCUT2D eigenvalue weighted by molar-refractivity contribution is 7.16. The van der Waals surface area contributed by atoms with Crippen molar-refractivity contribution >= 4 is 34.1 Å². The first-order valence-electron chi connectivity index (χ1n) is 9.44. The molecule has 4 N–H and O–H groups in total. The summed E-state index contributed by atoms with van der Waals surface area (Å²) in [5.41, 5.74) is 6.88. The van der Waals surface area contributed by atoms with E-state index in [4.69, 9.17) is 5.73 Å². The molecule has 2 amide bonds. The van der Waals surface area contributed by atoms with E-state index in [0.717, 1.165) is 29.7 Å². The van der Waals surface area contributed by atoms with Gasteiger partial charge in [0, 0.05) is 11.3 Å². The molecular formula is C21H22N2O4S. The fraction of sp³-hybridized carbons (Fsp3) is 0.381. The van der Waals surface area contributed by atoms with Crippen molar-refractivity contribution in [1.29, 1.82) is 0 Å². The number of carbonyl (C=O) groups excluding carboxylic acids is 2. The highest BCUT2D eigenvalue weighted by Gasteiger charge is 2.54. The van der Waals surface area contributed by atoms with Gasteiger partial charge in [-0.2, -0.15) is 0 Å². The zero-order chi connectivity index (χ0) is 19.8. The van der Waals surface area contributed by atoms with E-state index in [0.29, 0.717) is 11.4 Å². The maximum atomic E-state index is 12.9. The first-order valence-corrected chi connectivity index (χ1v) is 10.3. The molecule has 7 heteroatoms. The standard InChI is InChI=1S/C21H22N2O4S/c22-18(24)15-10-14(8-11-4-2-1-3-5-11)28-20(15)23-19(25)16-12-6-7-13(9-12)17(16)21(26)27/h1-5,10,12-13,16-17H,6-9H2,(H2,22,24)(H,23,25)(H,26,27)/t12-,13-,16-,17+/m0/s1. The van der Waals surface area contributed by atoms with Crippen LogP contribution in [0.2, 0.25) is 0 Å². The van der Waals surface area contributed by atoms with E-state index in [1.54, 1.807) is 6.07 Å². The Morgan fingerprint density at radius 1 is 1.11 bits per heavy atom. The van der Waals surface area contributed by atoms with Crippen LogP contribution >= 0.6 is 11.3 Å². The minimum absolute atomic E-state index is 0.0749. The molecule has 1 aromatic heterocycles. The van der Waals surface area contributed by atoms with Crippen LogP contribution in [0.5, 0.6) is 0 Å². The second kappa shape index (κ2) is 7.39. The second-order valence-electron chi connectivity index (χ2n) is 7.69. The quantitative estimate of drug-likeness (QED) is 0.694. The van der Waals surface area contributed by atoms with Crippen molar-refractivity contribution < 1.29 is 19.5 Å². The van der Waals surface area contributed by atoms with Crippen LogP contribution in [0.15, 0.2) is 36.4 Å². The molecule has 4 rings (SSSR count). The van der Waals surface area contributed by atoms with Gasteiger partial charge in [-0.3, -0.25) is 14.4 Å². The molecule has 0 aliphatic heterocycles. The molecule has 0 unspecified atom stereocenters. The molecule has 2 aliphatic rings. The van der Waals surface area contributed by atoms with E-state index in [2.05, 4.69) is 5.32 Å². The Morgan fingerprint density at radius 3 is 2.43 bits per heavy atom. The molecule has 28 heavy (non-hydrogen) atoms. The Balaban J connectivity index is 1.56. The summed E-state index contributed by atoms with van der Waals surface area (Å²) in [5, 5.41) is 12.8. The van der Waals surface area contributed by atoms with Crippen LogP contribution in [0.4, 0.5) is 5.00 Å². The molecule has 2 aliphatic carbocycles. The number of carboxylic acid groups (broad SMARTS) is 1.